The Bertz CT molecular complexity index is 279. The van der Waals surface area contributed by atoms with Crippen LogP contribution in [0.4, 0.5) is 5.69 Å². The van der Waals surface area contributed by atoms with Crippen molar-refractivity contribution in [2.45, 2.75) is 20.3 Å². The summed E-state index contributed by atoms with van der Waals surface area (Å²) in [6.45, 7) is 4.01. The largest absolute Gasteiger partial charge is 0.226 e. The molecular formula is C10H15N3. The highest BCUT2D eigenvalue weighted by Crippen LogP contribution is 2.09. The minimum Gasteiger partial charge on any atom is -0.226 e. The molecule has 0 saturated carbocycles. The van der Waals surface area contributed by atoms with E-state index in [0.29, 0.717) is 0 Å². The number of hydrogen-bond acceptors (Lipinski definition) is 3. The van der Waals surface area contributed by atoms with Gasteiger partial charge in [0.25, 0.3) is 0 Å². The van der Waals surface area contributed by atoms with E-state index in [1.807, 2.05) is 37.3 Å². The van der Waals surface area contributed by atoms with Gasteiger partial charge in [-0.2, -0.15) is 10.2 Å². The molecule has 0 unspecified atom stereocenters. The molecule has 3 heteroatoms. The molecule has 0 aliphatic carbocycles. The van der Waals surface area contributed by atoms with Crippen LogP contribution in [0.5, 0.6) is 0 Å². The fourth-order valence-electron chi connectivity index (χ4n) is 0.893. The lowest BCUT2D eigenvalue weighted by molar-refractivity contribution is 0.915. The van der Waals surface area contributed by atoms with Gasteiger partial charge in [0, 0.05) is 5.71 Å². The number of benzene rings is 1. The molecule has 13 heavy (non-hydrogen) atoms. The third-order valence-electron chi connectivity index (χ3n) is 1.81. The standard InChI is InChI=1S/C10H15N3/c1-3-9(2)12-13(11)10-7-5-4-6-8-10/h4-8H,3,11H2,1-2H3/b12-9-. The van der Waals surface area contributed by atoms with Crippen molar-refractivity contribution in [3.8, 4) is 0 Å². The van der Waals surface area contributed by atoms with Gasteiger partial charge in [-0.1, -0.05) is 25.1 Å². The predicted octanol–water partition coefficient (Wildman–Crippen LogP) is 2.15. The zero-order valence-corrected chi connectivity index (χ0v) is 8.07. The van der Waals surface area contributed by atoms with E-state index in [0.717, 1.165) is 17.8 Å². The maximum absolute atomic E-state index is 5.72. The number of nitrogens with two attached hydrogens (primary N) is 1. The van der Waals surface area contributed by atoms with Crippen molar-refractivity contribution in [2.24, 2.45) is 10.9 Å². The lowest BCUT2D eigenvalue weighted by Crippen LogP contribution is -2.25. The maximum atomic E-state index is 5.72. The van der Waals surface area contributed by atoms with Crippen molar-refractivity contribution in [1.29, 1.82) is 0 Å². The van der Waals surface area contributed by atoms with Gasteiger partial charge in [0.2, 0.25) is 0 Å². The molecule has 0 radical (unpaired) electrons. The van der Waals surface area contributed by atoms with Crippen molar-refractivity contribution < 1.29 is 0 Å². The summed E-state index contributed by atoms with van der Waals surface area (Å²) in [4.78, 5) is 0. The van der Waals surface area contributed by atoms with Gasteiger partial charge in [0.1, 0.15) is 0 Å². The van der Waals surface area contributed by atoms with Gasteiger partial charge in [-0.05, 0) is 25.5 Å². The zero-order valence-electron chi connectivity index (χ0n) is 8.07. The van der Waals surface area contributed by atoms with E-state index in [1.165, 1.54) is 5.12 Å². The molecule has 0 amide bonds. The molecule has 0 heterocycles. The topological polar surface area (TPSA) is 41.6 Å². The van der Waals surface area contributed by atoms with Gasteiger partial charge in [0.15, 0.2) is 0 Å². The number of hydrazone groups is 1. The minimum absolute atomic E-state index is 0.898. The Labute approximate surface area is 78.8 Å². The van der Waals surface area contributed by atoms with Crippen LogP contribution in [0.15, 0.2) is 35.4 Å². The van der Waals surface area contributed by atoms with E-state index in [1.54, 1.807) is 0 Å². The number of anilines is 1. The Morgan fingerprint density at radius 1 is 1.38 bits per heavy atom. The zero-order chi connectivity index (χ0) is 9.68. The summed E-state index contributed by atoms with van der Waals surface area (Å²) in [6.07, 6.45) is 0.917. The molecule has 0 aliphatic heterocycles. The number of para-hydroxylation sites is 1. The second kappa shape index (κ2) is 4.62. The molecule has 0 fully saturated rings. The van der Waals surface area contributed by atoms with Crippen molar-refractivity contribution >= 4 is 11.4 Å². The summed E-state index contributed by atoms with van der Waals surface area (Å²) in [5.41, 5.74) is 1.92. The fourth-order valence-corrected chi connectivity index (χ4v) is 0.893. The highest BCUT2D eigenvalue weighted by atomic mass is 15.6. The molecular weight excluding hydrogens is 162 g/mol. The van der Waals surface area contributed by atoms with Crippen LogP contribution >= 0.6 is 0 Å². The van der Waals surface area contributed by atoms with Gasteiger partial charge in [-0.3, -0.25) is 0 Å². The molecule has 3 nitrogen and oxygen atoms in total. The monoisotopic (exact) mass is 177 g/mol. The predicted molar refractivity (Wildman–Crippen MR) is 56.5 cm³/mol. The lowest BCUT2D eigenvalue weighted by Gasteiger charge is -2.12. The molecule has 1 aromatic carbocycles. The number of nitrogens with zero attached hydrogens (tertiary/aromatic N) is 2. The Kier molecular flexibility index (Phi) is 3.46. The Morgan fingerprint density at radius 3 is 2.54 bits per heavy atom. The second-order valence-corrected chi connectivity index (χ2v) is 2.87. The van der Waals surface area contributed by atoms with Gasteiger partial charge >= 0.3 is 0 Å². The first-order valence-corrected chi connectivity index (χ1v) is 4.38. The molecule has 2 N–H and O–H groups in total. The highest BCUT2D eigenvalue weighted by molar-refractivity contribution is 5.82. The first kappa shape index (κ1) is 9.74. The first-order chi connectivity index (χ1) is 6.24. The van der Waals surface area contributed by atoms with Crippen molar-refractivity contribution in [3.63, 3.8) is 0 Å². The van der Waals surface area contributed by atoms with Crippen molar-refractivity contribution in [1.82, 2.24) is 0 Å². The number of rotatable bonds is 3. The lowest BCUT2D eigenvalue weighted by atomic mass is 10.3. The van der Waals surface area contributed by atoms with Gasteiger partial charge in [0.05, 0.1) is 5.69 Å². The molecule has 70 valence electrons. The SMILES string of the molecule is CC/C(C)=N\N(N)c1ccccc1. The van der Waals surface area contributed by atoms with E-state index >= 15 is 0 Å². The smallest absolute Gasteiger partial charge is 0.0776 e. The van der Waals surface area contributed by atoms with Crippen LogP contribution in [0, 0.1) is 0 Å². The molecule has 0 bridgehead atoms. The summed E-state index contributed by atoms with van der Waals surface area (Å²) >= 11 is 0. The summed E-state index contributed by atoms with van der Waals surface area (Å²) in [6, 6.07) is 9.67. The van der Waals surface area contributed by atoms with Crippen molar-refractivity contribution in [2.75, 3.05) is 5.12 Å². The average Bonchev–Trinajstić information content (AvgIpc) is 2.19. The average molecular weight is 177 g/mol. The van der Waals surface area contributed by atoms with E-state index in [4.69, 9.17) is 5.84 Å². The Balaban J connectivity index is 2.75. The maximum Gasteiger partial charge on any atom is 0.0776 e. The molecule has 0 aromatic heterocycles. The minimum atomic E-state index is 0.898. The summed E-state index contributed by atoms with van der Waals surface area (Å²) in [5, 5.41) is 5.60. The van der Waals surface area contributed by atoms with Crippen LogP contribution in [-0.2, 0) is 0 Å². The first-order valence-electron chi connectivity index (χ1n) is 4.38. The molecule has 0 atom stereocenters. The summed E-state index contributed by atoms with van der Waals surface area (Å²) < 4.78 is 0. The van der Waals surface area contributed by atoms with Crippen LogP contribution < -0.4 is 11.0 Å². The van der Waals surface area contributed by atoms with Gasteiger partial charge in [-0.25, -0.2) is 5.84 Å². The quantitative estimate of drug-likeness (QED) is 0.436. The number of hydrazine groups is 1. The van der Waals surface area contributed by atoms with E-state index in [9.17, 15) is 0 Å². The highest BCUT2D eigenvalue weighted by Gasteiger charge is 1.96. The summed E-state index contributed by atoms with van der Waals surface area (Å²) in [7, 11) is 0. The van der Waals surface area contributed by atoms with Crippen LogP contribution in [0.25, 0.3) is 0 Å². The number of hydrogen-bond donors (Lipinski definition) is 1. The normalized spacial score (nSPS) is 11.5. The Morgan fingerprint density at radius 2 is 2.00 bits per heavy atom. The molecule has 1 aromatic rings. The summed E-state index contributed by atoms with van der Waals surface area (Å²) in [5.74, 6) is 5.72. The van der Waals surface area contributed by atoms with E-state index in [2.05, 4.69) is 12.0 Å². The van der Waals surface area contributed by atoms with Crippen LogP contribution in [0.3, 0.4) is 0 Å². The van der Waals surface area contributed by atoms with Crippen LogP contribution in [0.2, 0.25) is 0 Å². The molecule has 0 saturated heterocycles. The third-order valence-corrected chi connectivity index (χ3v) is 1.81. The van der Waals surface area contributed by atoms with Gasteiger partial charge in [-0.15, -0.1) is 0 Å². The van der Waals surface area contributed by atoms with Crippen LogP contribution in [-0.4, -0.2) is 5.71 Å². The fraction of sp³-hybridized carbons (Fsp3) is 0.300. The van der Waals surface area contributed by atoms with E-state index in [-0.39, 0.29) is 0 Å². The van der Waals surface area contributed by atoms with Crippen molar-refractivity contribution in [3.05, 3.63) is 30.3 Å². The Hall–Kier alpha value is -1.35. The molecule has 1 rings (SSSR count). The van der Waals surface area contributed by atoms with E-state index < -0.39 is 0 Å². The van der Waals surface area contributed by atoms with Gasteiger partial charge < -0.3 is 0 Å². The molecule has 0 spiro atoms. The van der Waals surface area contributed by atoms with Crippen LogP contribution in [0.1, 0.15) is 20.3 Å². The second-order valence-electron chi connectivity index (χ2n) is 2.87. The third kappa shape index (κ3) is 2.87. The molecule has 0 aliphatic rings.